The quantitative estimate of drug-likeness (QED) is 0.263. The summed E-state index contributed by atoms with van der Waals surface area (Å²) in [5.74, 6) is 1.47. The van der Waals surface area contributed by atoms with Crippen LogP contribution in [0.5, 0.6) is 5.75 Å². The maximum Gasteiger partial charge on any atom is 0.212 e. The normalized spacial score (nSPS) is 13.3. The van der Waals surface area contributed by atoms with Crippen molar-refractivity contribution < 1.29 is 19.7 Å². The third-order valence-electron chi connectivity index (χ3n) is 2.93. The number of ether oxygens (including phenoxy) is 2. The summed E-state index contributed by atoms with van der Waals surface area (Å²) < 4.78 is 10.9. The Labute approximate surface area is 141 Å². The predicted molar refractivity (Wildman–Crippen MR) is 96.2 cm³/mol. The van der Waals surface area contributed by atoms with Gasteiger partial charge in [-0.15, -0.1) is 0 Å². The summed E-state index contributed by atoms with van der Waals surface area (Å²) in [6, 6.07) is 7.07. The molecule has 1 rings (SSSR count). The molecule has 0 fully saturated rings. The van der Waals surface area contributed by atoms with Gasteiger partial charge in [0, 0.05) is 13.0 Å². The van der Waals surface area contributed by atoms with Crippen molar-refractivity contribution in [2.75, 3.05) is 38.1 Å². The highest BCUT2D eigenvalue weighted by atomic mass is 32.2. The van der Waals surface area contributed by atoms with Crippen LogP contribution in [0.1, 0.15) is 19.8 Å². The molecule has 0 radical (unpaired) electrons. The lowest BCUT2D eigenvalue weighted by Crippen LogP contribution is -2.23. The highest BCUT2D eigenvalue weighted by Crippen LogP contribution is 2.18. The van der Waals surface area contributed by atoms with Crippen molar-refractivity contribution in [3.8, 4) is 5.75 Å². The Balaban J connectivity index is 2.39. The Morgan fingerprint density at radius 2 is 1.96 bits per heavy atom. The van der Waals surface area contributed by atoms with E-state index < -0.39 is 6.10 Å². The van der Waals surface area contributed by atoms with E-state index in [2.05, 4.69) is 17.5 Å². The Kier molecular flexibility index (Phi) is 9.75. The Morgan fingerprint density at radius 1 is 1.26 bits per heavy atom. The maximum absolute atomic E-state index is 11.7. The number of hydrogen-bond donors (Lipinski definition) is 0. The topological polar surface area (TPSA) is 76.8 Å². The SMILES string of the molecule is CCCOC[C@@H]([OH2+])COc1ccc(N=C([O-])CC[S+](C)C)cc1. The fraction of sp³-hybridized carbons (Fsp3) is 0.588. The highest BCUT2D eigenvalue weighted by Gasteiger charge is 2.09. The average Bonchev–Trinajstić information content (AvgIpc) is 2.52. The first-order chi connectivity index (χ1) is 11.0. The number of nitrogens with zero attached hydrogens (tertiary/aromatic N) is 1. The van der Waals surface area contributed by atoms with E-state index in [0.717, 1.165) is 12.2 Å². The molecule has 130 valence electrons. The minimum Gasteiger partial charge on any atom is -0.862 e. The molecule has 0 unspecified atom stereocenters. The fourth-order valence-electron chi connectivity index (χ4n) is 1.72. The van der Waals surface area contributed by atoms with Crippen LogP contribution in [0, 0.1) is 0 Å². The van der Waals surface area contributed by atoms with Crippen LogP contribution in [0.25, 0.3) is 0 Å². The van der Waals surface area contributed by atoms with E-state index >= 15 is 0 Å². The van der Waals surface area contributed by atoms with E-state index in [1.54, 1.807) is 24.3 Å². The third kappa shape index (κ3) is 9.48. The van der Waals surface area contributed by atoms with E-state index in [1.807, 2.05) is 6.92 Å². The largest absolute Gasteiger partial charge is 0.862 e. The third-order valence-corrected chi connectivity index (χ3v) is 3.95. The number of rotatable bonds is 11. The van der Waals surface area contributed by atoms with Gasteiger partial charge in [0.1, 0.15) is 18.1 Å². The zero-order valence-electron chi connectivity index (χ0n) is 14.2. The second-order valence-electron chi connectivity index (χ2n) is 5.52. The Hall–Kier alpha value is -1.24. The number of aliphatic imine (C=N–C) groups is 1. The maximum atomic E-state index is 11.7. The summed E-state index contributed by atoms with van der Waals surface area (Å²) in [7, 11) is 0.263. The summed E-state index contributed by atoms with van der Waals surface area (Å²) in [4.78, 5) is 4.07. The van der Waals surface area contributed by atoms with Crippen molar-refractivity contribution in [3.63, 3.8) is 0 Å². The monoisotopic (exact) mass is 342 g/mol. The van der Waals surface area contributed by atoms with Gasteiger partial charge < -0.3 is 19.7 Å². The van der Waals surface area contributed by atoms with Crippen LogP contribution in [0.3, 0.4) is 0 Å². The molecule has 0 saturated carbocycles. The van der Waals surface area contributed by atoms with E-state index in [-0.39, 0.29) is 23.4 Å². The van der Waals surface area contributed by atoms with E-state index in [1.165, 1.54) is 0 Å². The van der Waals surface area contributed by atoms with Gasteiger partial charge in [-0.05, 0) is 47.5 Å². The van der Waals surface area contributed by atoms with E-state index in [9.17, 15) is 5.11 Å². The molecule has 1 atom stereocenters. The minimum absolute atomic E-state index is 0.0841. The van der Waals surface area contributed by atoms with Gasteiger partial charge >= 0.3 is 0 Å². The molecule has 6 heteroatoms. The zero-order chi connectivity index (χ0) is 17.1. The van der Waals surface area contributed by atoms with Gasteiger partial charge in [0.05, 0.1) is 18.2 Å². The van der Waals surface area contributed by atoms with Gasteiger partial charge in [0.25, 0.3) is 0 Å². The lowest BCUT2D eigenvalue weighted by atomic mass is 10.3. The van der Waals surface area contributed by atoms with Crippen molar-refractivity contribution in [1.82, 2.24) is 0 Å². The summed E-state index contributed by atoms with van der Waals surface area (Å²) in [6.45, 7) is 3.38. The van der Waals surface area contributed by atoms with Crippen molar-refractivity contribution in [2.24, 2.45) is 4.99 Å². The second-order valence-corrected chi connectivity index (χ2v) is 7.90. The van der Waals surface area contributed by atoms with Crippen LogP contribution < -0.4 is 9.84 Å². The van der Waals surface area contributed by atoms with Crippen molar-refractivity contribution >= 4 is 22.5 Å². The van der Waals surface area contributed by atoms with Crippen molar-refractivity contribution in [3.05, 3.63) is 24.3 Å². The molecule has 0 aromatic heterocycles. The molecule has 0 saturated heterocycles. The minimum atomic E-state index is -0.399. The lowest BCUT2D eigenvalue weighted by molar-refractivity contribution is -0.217. The van der Waals surface area contributed by atoms with Gasteiger partial charge in [-0.25, -0.2) is 0 Å². The van der Waals surface area contributed by atoms with E-state index in [4.69, 9.17) is 14.6 Å². The van der Waals surface area contributed by atoms with Gasteiger partial charge in [-0.2, -0.15) is 0 Å². The summed E-state index contributed by atoms with van der Waals surface area (Å²) in [5.41, 5.74) is 0.642. The summed E-state index contributed by atoms with van der Waals surface area (Å²) in [5, 5.41) is 19.5. The summed E-state index contributed by atoms with van der Waals surface area (Å²) >= 11 is 0. The van der Waals surface area contributed by atoms with Crippen LogP contribution in [-0.2, 0) is 15.6 Å². The Bertz CT molecular complexity index is 462. The molecule has 0 aliphatic heterocycles. The van der Waals surface area contributed by atoms with Crippen molar-refractivity contribution in [1.29, 1.82) is 0 Å². The molecule has 0 aliphatic carbocycles. The van der Waals surface area contributed by atoms with Gasteiger partial charge in [0.15, 0.2) is 6.61 Å². The molecule has 23 heavy (non-hydrogen) atoms. The summed E-state index contributed by atoms with van der Waals surface area (Å²) in [6.07, 6.45) is 5.28. The molecule has 0 spiro atoms. The smallest absolute Gasteiger partial charge is 0.212 e. The Morgan fingerprint density at radius 3 is 2.57 bits per heavy atom. The molecule has 1 aromatic carbocycles. The van der Waals surface area contributed by atoms with Gasteiger partial charge in [0.2, 0.25) is 6.10 Å². The molecule has 2 N–H and O–H groups in total. The molecule has 5 nitrogen and oxygen atoms in total. The predicted octanol–water partition coefficient (Wildman–Crippen LogP) is 1.24. The first kappa shape index (κ1) is 19.8. The molecule has 0 aliphatic rings. The van der Waals surface area contributed by atoms with Gasteiger partial charge in [-0.3, -0.25) is 4.99 Å². The molecular formula is C17H28NO4S+. The average molecular weight is 342 g/mol. The second kappa shape index (κ2) is 11.3. The molecule has 0 bridgehead atoms. The van der Waals surface area contributed by atoms with Crippen LogP contribution in [0.4, 0.5) is 5.69 Å². The highest BCUT2D eigenvalue weighted by molar-refractivity contribution is 7.95. The molecule has 0 amide bonds. The number of hydrogen-bond acceptors (Lipinski definition) is 4. The van der Waals surface area contributed by atoms with Crippen LogP contribution in [0.2, 0.25) is 0 Å². The van der Waals surface area contributed by atoms with E-state index in [0.29, 0.717) is 31.1 Å². The first-order valence-electron chi connectivity index (χ1n) is 7.81. The lowest BCUT2D eigenvalue weighted by Gasteiger charge is -2.11. The molecule has 0 heterocycles. The van der Waals surface area contributed by atoms with Crippen molar-refractivity contribution in [2.45, 2.75) is 25.9 Å². The molecular weight excluding hydrogens is 314 g/mol. The zero-order valence-corrected chi connectivity index (χ0v) is 15.0. The fourth-order valence-corrected chi connectivity index (χ4v) is 2.31. The van der Waals surface area contributed by atoms with Gasteiger partial charge in [-0.1, -0.05) is 6.92 Å². The van der Waals surface area contributed by atoms with Crippen LogP contribution in [0.15, 0.2) is 29.3 Å². The standard InChI is InChI=1S/C17H27NO4S/c1-4-10-21-12-15(19)13-22-16-7-5-14(6-8-16)18-17(20)9-11-23(2)3/h5-8,15,19H,4,9-13H2,1-3H3/p+1/t15-/m1/s1. The first-order valence-corrected chi connectivity index (χ1v) is 10.0. The van der Waals surface area contributed by atoms with Crippen LogP contribution >= 0.6 is 0 Å². The number of benzene rings is 1. The molecule has 1 aromatic rings. The van der Waals surface area contributed by atoms with Crippen LogP contribution in [-0.4, -0.2) is 55.2 Å².